The van der Waals surface area contributed by atoms with Gasteiger partial charge in [-0.2, -0.15) is 10.2 Å². The molecule has 0 aliphatic carbocycles. The van der Waals surface area contributed by atoms with Crippen LogP contribution in [0.4, 0.5) is 4.39 Å². The van der Waals surface area contributed by atoms with Gasteiger partial charge in [0.15, 0.2) is 0 Å². The SMILES string of the molecule is Cn1cc(C2CN(Cc3cn[nH]c3-c3ccc(F)cc3)CCO2)cn1. The van der Waals surface area contributed by atoms with Gasteiger partial charge in [0.25, 0.3) is 0 Å². The largest absolute Gasteiger partial charge is 0.371 e. The highest BCUT2D eigenvalue weighted by Crippen LogP contribution is 2.26. The zero-order chi connectivity index (χ0) is 17.2. The minimum absolute atomic E-state index is 0.0311. The van der Waals surface area contributed by atoms with Crippen molar-refractivity contribution in [2.24, 2.45) is 7.05 Å². The van der Waals surface area contributed by atoms with E-state index in [1.54, 1.807) is 16.8 Å². The summed E-state index contributed by atoms with van der Waals surface area (Å²) in [5, 5.41) is 11.4. The van der Waals surface area contributed by atoms with E-state index in [-0.39, 0.29) is 11.9 Å². The molecule has 4 rings (SSSR count). The number of aromatic nitrogens is 4. The number of aromatic amines is 1. The summed E-state index contributed by atoms with van der Waals surface area (Å²) in [4.78, 5) is 2.35. The van der Waals surface area contributed by atoms with E-state index in [4.69, 9.17) is 4.74 Å². The van der Waals surface area contributed by atoms with Gasteiger partial charge in [-0.1, -0.05) is 0 Å². The van der Waals surface area contributed by atoms with Crippen molar-refractivity contribution in [1.29, 1.82) is 0 Å². The first-order valence-electron chi connectivity index (χ1n) is 8.30. The van der Waals surface area contributed by atoms with E-state index in [1.807, 2.05) is 25.6 Å². The van der Waals surface area contributed by atoms with Gasteiger partial charge < -0.3 is 4.74 Å². The number of benzene rings is 1. The lowest BCUT2D eigenvalue weighted by Crippen LogP contribution is -2.37. The zero-order valence-electron chi connectivity index (χ0n) is 14.0. The molecule has 25 heavy (non-hydrogen) atoms. The van der Waals surface area contributed by atoms with Crippen LogP contribution in [-0.2, 0) is 18.3 Å². The molecule has 3 heterocycles. The number of halogens is 1. The van der Waals surface area contributed by atoms with E-state index < -0.39 is 0 Å². The molecular formula is C18H20FN5O. The van der Waals surface area contributed by atoms with Gasteiger partial charge in [-0.05, 0) is 24.3 Å². The molecule has 0 spiro atoms. The Morgan fingerprint density at radius 3 is 2.88 bits per heavy atom. The van der Waals surface area contributed by atoms with Crippen LogP contribution in [0.15, 0.2) is 42.9 Å². The lowest BCUT2D eigenvalue weighted by molar-refractivity contribution is -0.0329. The summed E-state index contributed by atoms with van der Waals surface area (Å²) in [7, 11) is 1.91. The van der Waals surface area contributed by atoms with Crippen LogP contribution in [0, 0.1) is 5.82 Å². The number of ether oxygens (including phenoxy) is 1. The van der Waals surface area contributed by atoms with Crippen molar-refractivity contribution < 1.29 is 9.13 Å². The van der Waals surface area contributed by atoms with Crippen LogP contribution in [-0.4, -0.2) is 44.6 Å². The maximum absolute atomic E-state index is 13.2. The third-order valence-electron chi connectivity index (χ3n) is 4.49. The Bertz CT molecular complexity index is 841. The molecule has 1 N–H and O–H groups in total. The average molecular weight is 341 g/mol. The van der Waals surface area contributed by atoms with Crippen molar-refractivity contribution in [1.82, 2.24) is 24.9 Å². The van der Waals surface area contributed by atoms with Crippen LogP contribution in [0.3, 0.4) is 0 Å². The predicted molar refractivity (Wildman–Crippen MR) is 91.2 cm³/mol. The molecule has 6 nitrogen and oxygen atoms in total. The van der Waals surface area contributed by atoms with Crippen molar-refractivity contribution in [3.05, 3.63) is 59.8 Å². The van der Waals surface area contributed by atoms with Crippen molar-refractivity contribution in [3.8, 4) is 11.3 Å². The average Bonchev–Trinajstić information content (AvgIpc) is 3.25. The van der Waals surface area contributed by atoms with E-state index in [0.717, 1.165) is 42.0 Å². The second-order valence-corrected chi connectivity index (χ2v) is 6.32. The Balaban J connectivity index is 1.49. The summed E-state index contributed by atoms with van der Waals surface area (Å²) in [6.45, 7) is 3.12. The van der Waals surface area contributed by atoms with Crippen LogP contribution in [0.2, 0.25) is 0 Å². The molecule has 3 aromatic rings. The summed E-state index contributed by atoms with van der Waals surface area (Å²) >= 11 is 0. The van der Waals surface area contributed by atoms with Gasteiger partial charge in [0.1, 0.15) is 5.82 Å². The molecule has 0 saturated carbocycles. The fraction of sp³-hybridized carbons (Fsp3) is 0.333. The smallest absolute Gasteiger partial charge is 0.123 e. The van der Waals surface area contributed by atoms with Gasteiger partial charge in [0.05, 0.1) is 30.8 Å². The molecule has 2 aromatic heterocycles. The molecule has 1 saturated heterocycles. The molecule has 1 aliphatic heterocycles. The number of morpholine rings is 1. The van der Waals surface area contributed by atoms with Crippen LogP contribution in [0.1, 0.15) is 17.2 Å². The molecule has 0 amide bonds. The summed E-state index contributed by atoms with van der Waals surface area (Å²) in [6, 6.07) is 6.47. The maximum Gasteiger partial charge on any atom is 0.123 e. The van der Waals surface area contributed by atoms with Crippen LogP contribution in [0.5, 0.6) is 0 Å². The number of hydrogen-bond donors (Lipinski definition) is 1. The first kappa shape index (κ1) is 16.0. The first-order valence-corrected chi connectivity index (χ1v) is 8.30. The molecule has 0 bridgehead atoms. The Morgan fingerprint density at radius 1 is 1.28 bits per heavy atom. The molecule has 130 valence electrons. The lowest BCUT2D eigenvalue weighted by atomic mass is 10.1. The molecular weight excluding hydrogens is 321 g/mol. The number of H-pyrrole nitrogens is 1. The molecule has 1 aliphatic rings. The van der Waals surface area contributed by atoms with Crippen LogP contribution in [0.25, 0.3) is 11.3 Å². The van der Waals surface area contributed by atoms with Crippen LogP contribution >= 0.6 is 0 Å². The number of hydrogen-bond acceptors (Lipinski definition) is 4. The Labute approximate surface area is 145 Å². The molecule has 7 heteroatoms. The Hall–Kier alpha value is -2.51. The Kier molecular flexibility index (Phi) is 4.33. The minimum Gasteiger partial charge on any atom is -0.371 e. The molecule has 1 unspecified atom stereocenters. The van der Waals surface area contributed by atoms with Gasteiger partial charge >= 0.3 is 0 Å². The second-order valence-electron chi connectivity index (χ2n) is 6.32. The van der Waals surface area contributed by atoms with Crippen LogP contribution < -0.4 is 0 Å². The second kappa shape index (κ2) is 6.78. The third-order valence-corrected chi connectivity index (χ3v) is 4.49. The number of nitrogens with zero attached hydrogens (tertiary/aromatic N) is 4. The van der Waals surface area contributed by atoms with E-state index in [1.165, 1.54) is 12.1 Å². The molecule has 0 radical (unpaired) electrons. The maximum atomic E-state index is 13.2. The lowest BCUT2D eigenvalue weighted by Gasteiger charge is -2.32. The quantitative estimate of drug-likeness (QED) is 0.792. The first-order chi connectivity index (χ1) is 12.2. The van der Waals surface area contributed by atoms with Crippen molar-refractivity contribution in [2.75, 3.05) is 19.7 Å². The van der Waals surface area contributed by atoms with Gasteiger partial charge in [-0.15, -0.1) is 0 Å². The third kappa shape index (κ3) is 3.47. The number of rotatable bonds is 4. The van der Waals surface area contributed by atoms with Gasteiger partial charge in [0.2, 0.25) is 0 Å². The fourth-order valence-corrected chi connectivity index (χ4v) is 3.19. The van der Waals surface area contributed by atoms with E-state index >= 15 is 0 Å². The molecule has 1 atom stereocenters. The van der Waals surface area contributed by atoms with E-state index in [9.17, 15) is 4.39 Å². The summed E-state index contributed by atoms with van der Waals surface area (Å²) < 4.78 is 20.8. The van der Waals surface area contributed by atoms with Gasteiger partial charge in [0, 0.05) is 49.6 Å². The van der Waals surface area contributed by atoms with Gasteiger partial charge in [-0.25, -0.2) is 4.39 Å². The normalized spacial score (nSPS) is 18.6. The zero-order valence-corrected chi connectivity index (χ0v) is 14.0. The molecule has 1 fully saturated rings. The van der Waals surface area contributed by atoms with Crippen molar-refractivity contribution in [2.45, 2.75) is 12.6 Å². The fourth-order valence-electron chi connectivity index (χ4n) is 3.19. The highest BCUT2D eigenvalue weighted by molar-refractivity contribution is 5.62. The summed E-state index contributed by atoms with van der Waals surface area (Å²) in [5.74, 6) is -0.239. The van der Waals surface area contributed by atoms with Crippen molar-refractivity contribution >= 4 is 0 Å². The standard InChI is InChI=1S/C18H20FN5O/c1-23-10-14(9-21-23)17-12-24(6-7-25-17)11-15-8-20-22-18(15)13-2-4-16(19)5-3-13/h2-5,8-10,17H,6-7,11-12H2,1H3,(H,20,22). The number of nitrogens with one attached hydrogen (secondary N) is 1. The van der Waals surface area contributed by atoms with E-state index in [0.29, 0.717) is 6.61 Å². The van der Waals surface area contributed by atoms with Crippen molar-refractivity contribution in [3.63, 3.8) is 0 Å². The highest BCUT2D eigenvalue weighted by atomic mass is 19.1. The predicted octanol–water partition coefficient (Wildman–Crippen LogP) is 2.52. The summed E-state index contributed by atoms with van der Waals surface area (Å²) in [5.41, 5.74) is 4.06. The number of aryl methyl sites for hydroxylation is 1. The molecule has 1 aromatic carbocycles. The van der Waals surface area contributed by atoms with E-state index in [2.05, 4.69) is 20.2 Å². The monoisotopic (exact) mass is 341 g/mol. The van der Waals surface area contributed by atoms with Gasteiger partial charge in [-0.3, -0.25) is 14.7 Å². The topological polar surface area (TPSA) is 59.0 Å². The minimum atomic E-state index is -0.239. The summed E-state index contributed by atoms with van der Waals surface area (Å²) in [6.07, 6.45) is 5.72. The highest BCUT2D eigenvalue weighted by Gasteiger charge is 2.24. The Morgan fingerprint density at radius 2 is 2.12 bits per heavy atom.